The van der Waals surface area contributed by atoms with Crippen LogP contribution in [0.5, 0.6) is 0 Å². The number of aliphatic carboxylic acids is 1. The summed E-state index contributed by atoms with van der Waals surface area (Å²) in [7, 11) is -1.44. The second-order valence-electron chi connectivity index (χ2n) is 4.53. The molecule has 1 N–H and O–H groups in total. The molecule has 4 heteroatoms. The second kappa shape index (κ2) is 7.01. The predicted molar refractivity (Wildman–Crippen MR) is 79.9 cm³/mol. The lowest BCUT2D eigenvalue weighted by Gasteiger charge is -2.12. The molecule has 0 aliphatic rings. The molecular weight excluding hydrogens is 272 g/mol. The van der Waals surface area contributed by atoms with Crippen molar-refractivity contribution in [2.24, 2.45) is 0 Å². The number of rotatable bonds is 6. The van der Waals surface area contributed by atoms with E-state index in [4.69, 9.17) is 0 Å². The van der Waals surface area contributed by atoms with Crippen molar-refractivity contribution in [3.63, 3.8) is 0 Å². The van der Waals surface area contributed by atoms with Crippen LogP contribution in [0.3, 0.4) is 0 Å². The maximum absolute atomic E-state index is 12.3. The minimum atomic E-state index is -1.44. The maximum Gasteiger partial charge on any atom is 0.319 e. The average Bonchev–Trinajstić information content (AvgIpc) is 2.46. The Morgan fingerprint density at radius 2 is 1.45 bits per heavy atom. The first-order valence-corrected chi connectivity index (χ1v) is 7.73. The van der Waals surface area contributed by atoms with E-state index >= 15 is 0 Å². The molecule has 0 amide bonds. The van der Waals surface area contributed by atoms with Gasteiger partial charge in [0, 0.05) is 16.6 Å². The highest BCUT2D eigenvalue weighted by molar-refractivity contribution is 7.85. The molecule has 2 aromatic carbocycles. The van der Waals surface area contributed by atoms with Gasteiger partial charge in [-0.15, -0.1) is 0 Å². The van der Waals surface area contributed by atoms with Crippen LogP contribution in [0.1, 0.15) is 11.1 Å². The van der Waals surface area contributed by atoms with E-state index in [0.717, 1.165) is 11.1 Å². The number of hydrogen-bond acceptors (Lipinski definition) is 2. The molecule has 20 heavy (non-hydrogen) atoms. The molecule has 0 saturated carbocycles. The zero-order chi connectivity index (χ0) is 14.4. The van der Waals surface area contributed by atoms with Crippen molar-refractivity contribution >= 4 is 16.8 Å². The van der Waals surface area contributed by atoms with Crippen LogP contribution < -0.4 is 0 Å². The van der Waals surface area contributed by atoms with Gasteiger partial charge in [-0.3, -0.25) is 9.00 Å². The van der Waals surface area contributed by atoms with Gasteiger partial charge in [0.05, 0.1) is 0 Å². The highest BCUT2D eigenvalue weighted by Gasteiger charge is 2.25. The molecule has 0 aromatic heterocycles. The van der Waals surface area contributed by atoms with E-state index in [0.29, 0.717) is 0 Å². The molecule has 0 spiro atoms. The first-order valence-electron chi connectivity index (χ1n) is 6.34. The van der Waals surface area contributed by atoms with E-state index in [1.807, 2.05) is 60.7 Å². The summed E-state index contributed by atoms with van der Waals surface area (Å²) in [6, 6.07) is 18.6. The van der Waals surface area contributed by atoms with Gasteiger partial charge in [0.25, 0.3) is 0 Å². The van der Waals surface area contributed by atoms with E-state index in [9.17, 15) is 14.1 Å². The maximum atomic E-state index is 12.3. The smallest absolute Gasteiger partial charge is 0.319 e. The van der Waals surface area contributed by atoms with Crippen LogP contribution >= 0.6 is 0 Å². The molecule has 0 fully saturated rings. The van der Waals surface area contributed by atoms with Crippen LogP contribution in [0, 0.1) is 0 Å². The minimum absolute atomic E-state index is 0.268. The lowest BCUT2D eigenvalue weighted by molar-refractivity contribution is -0.136. The van der Waals surface area contributed by atoms with Crippen LogP contribution in [-0.4, -0.2) is 20.5 Å². The molecule has 2 unspecified atom stereocenters. The third-order valence-corrected chi connectivity index (χ3v) is 4.63. The Hall–Kier alpha value is -1.94. The fraction of sp³-hybridized carbons (Fsp3) is 0.188. The van der Waals surface area contributed by atoms with Gasteiger partial charge < -0.3 is 5.11 Å². The SMILES string of the molecule is O=C(O)C(Cc1ccccc1)S(=O)Cc1ccccc1. The highest BCUT2D eigenvalue weighted by Crippen LogP contribution is 2.13. The summed E-state index contributed by atoms with van der Waals surface area (Å²) in [5, 5.41) is 8.41. The molecule has 2 aromatic rings. The normalized spacial score (nSPS) is 13.6. The molecule has 0 radical (unpaired) electrons. The van der Waals surface area contributed by atoms with Gasteiger partial charge in [-0.2, -0.15) is 0 Å². The van der Waals surface area contributed by atoms with Crippen LogP contribution in [0.4, 0.5) is 0 Å². The van der Waals surface area contributed by atoms with Crippen molar-refractivity contribution in [1.29, 1.82) is 0 Å². The van der Waals surface area contributed by atoms with E-state index in [-0.39, 0.29) is 12.2 Å². The number of carboxylic acid groups (broad SMARTS) is 1. The van der Waals surface area contributed by atoms with Gasteiger partial charge in [0.2, 0.25) is 0 Å². The summed E-state index contributed by atoms with van der Waals surface area (Å²) >= 11 is 0. The fourth-order valence-corrected chi connectivity index (χ4v) is 3.29. The van der Waals surface area contributed by atoms with Crippen LogP contribution in [0.15, 0.2) is 60.7 Å². The van der Waals surface area contributed by atoms with Crippen molar-refractivity contribution in [3.8, 4) is 0 Å². The van der Waals surface area contributed by atoms with Crippen LogP contribution in [0.25, 0.3) is 0 Å². The quantitative estimate of drug-likeness (QED) is 0.889. The van der Waals surface area contributed by atoms with Crippen LogP contribution in [0.2, 0.25) is 0 Å². The lowest BCUT2D eigenvalue weighted by Crippen LogP contribution is -2.29. The summed E-state index contributed by atoms with van der Waals surface area (Å²) in [5.41, 5.74) is 1.78. The van der Waals surface area contributed by atoms with E-state index in [1.165, 1.54) is 0 Å². The summed E-state index contributed by atoms with van der Waals surface area (Å²) in [5.74, 6) is -0.743. The van der Waals surface area contributed by atoms with Gasteiger partial charge in [-0.1, -0.05) is 60.7 Å². The Labute approximate surface area is 120 Å². The molecule has 0 saturated heterocycles. The largest absolute Gasteiger partial charge is 0.480 e. The molecule has 0 aliphatic carbocycles. The summed E-state index contributed by atoms with van der Waals surface area (Å²) in [6.45, 7) is 0. The summed E-state index contributed by atoms with van der Waals surface area (Å²) in [4.78, 5) is 11.3. The summed E-state index contributed by atoms with van der Waals surface area (Å²) in [6.07, 6.45) is 0.287. The highest BCUT2D eigenvalue weighted by atomic mass is 32.2. The van der Waals surface area contributed by atoms with Gasteiger partial charge in [-0.25, -0.2) is 0 Å². The minimum Gasteiger partial charge on any atom is -0.480 e. The van der Waals surface area contributed by atoms with Crippen molar-refractivity contribution in [2.45, 2.75) is 17.4 Å². The molecule has 0 bridgehead atoms. The van der Waals surface area contributed by atoms with Gasteiger partial charge in [-0.05, 0) is 17.5 Å². The van der Waals surface area contributed by atoms with Gasteiger partial charge in [0.1, 0.15) is 5.25 Å². The molecular formula is C16H16O3S. The van der Waals surface area contributed by atoms with E-state index < -0.39 is 22.0 Å². The monoisotopic (exact) mass is 288 g/mol. The zero-order valence-corrected chi connectivity index (χ0v) is 11.8. The van der Waals surface area contributed by atoms with Crippen LogP contribution in [-0.2, 0) is 27.8 Å². The Kier molecular flexibility index (Phi) is 5.07. The number of carbonyl (C=O) groups is 1. The van der Waals surface area contributed by atoms with Gasteiger partial charge >= 0.3 is 5.97 Å². The molecule has 0 heterocycles. The molecule has 3 nitrogen and oxygen atoms in total. The third-order valence-electron chi connectivity index (χ3n) is 3.01. The predicted octanol–water partition coefficient (Wildman–Crippen LogP) is 2.63. The molecule has 104 valence electrons. The summed E-state index contributed by atoms with van der Waals surface area (Å²) < 4.78 is 12.3. The van der Waals surface area contributed by atoms with Gasteiger partial charge in [0.15, 0.2) is 0 Å². The van der Waals surface area contributed by atoms with Crippen molar-refractivity contribution in [3.05, 3.63) is 71.8 Å². The lowest BCUT2D eigenvalue weighted by atomic mass is 10.1. The first-order chi connectivity index (χ1) is 9.66. The molecule has 2 rings (SSSR count). The third kappa shape index (κ3) is 4.03. The standard InChI is InChI=1S/C16H16O3S/c17-16(18)15(11-13-7-3-1-4-8-13)20(19)12-14-9-5-2-6-10-14/h1-10,15H,11-12H2,(H,17,18). The molecule has 2 atom stereocenters. The Balaban J connectivity index is 2.09. The average molecular weight is 288 g/mol. The number of hydrogen-bond donors (Lipinski definition) is 1. The topological polar surface area (TPSA) is 54.4 Å². The Morgan fingerprint density at radius 1 is 0.950 bits per heavy atom. The van der Waals surface area contributed by atoms with Crippen molar-refractivity contribution in [2.75, 3.05) is 0 Å². The Morgan fingerprint density at radius 3 is 1.95 bits per heavy atom. The van der Waals surface area contributed by atoms with E-state index in [1.54, 1.807) is 0 Å². The van der Waals surface area contributed by atoms with Crippen molar-refractivity contribution < 1.29 is 14.1 Å². The zero-order valence-electron chi connectivity index (χ0n) is 10.9. The number of benzene rings is 2. The van der Waals surface area contributed by atoms with E-state index in [2.05, 4.69) is 0 Å². The Bertz CT molecular complexity index is 581. The first kappa shape index (κ1) is 14.5. The number of carboxylic acids is 1. The molecule has 0 aliphatic heterocycles. The van der Waals surface area contributed by atoms with Crippen molar-refractivity contribution in [1.82, 2.24) is 0 Å². The fourth-order valence-electron chi connectivity index (χ4n) is 1.96. The second-order valence-corrected chi connectivity index (χ2v) is 6.15.